The van der Waals surface area contributed by atoms with Gasteiger partial charge in [-0.1, -0.05) is 25.1 Å². The van der Waals surface area contributed by atoms with Crippen molar-refractivity contribution >= 4 is 34.0 Å². The summed E-state index contributed by atoms with van der Waals surface area (Å²) in [5, 5.41) is 2.74. The fourth-order valence-electron chi connectivity index (χ4n) is 4.24. The smallest absolute Gasteiger partial charge is 0.251 e. The summed E-state index contributed by atoms with van der Waals surface area (Å²) in [7, 11) is 0. The minimum Gasteiger partial charge on any atom is -0.368 e. The van der Waals surface area contributed by atoms with Crippen LogP contribution in [0.1, 0.15) is 37.9 Å². The van der Waals surface area contributed by atoms with Crippen molar-refractivity contribution in [1.29, 1.82) is 0 Å². The molecule has 1 unspecified atom stereocenters. The summed E-state index contributed by atoms with van der Waals surface area (Å²) in [5.41, 5.74) is 2.99. The molecule has 2 fully saturated rings. The average molecular weight is 443 g/mol. The molecule has 1 atom stereocenters. The van der Waals surface area contributed by atoms with Crippen molar-refractivity contribution in [2.75, 3.05) is 37.7 Å². The van der Waals surface area contributed by atoms with E-state index in [4.69, 9.17) is 9.72 Å². The summed E-state index contributed by atoms with van der Waals surface area (Å²) in [4.78, 5) is 35.7. The maximum absolute atomic E-state index is 12.5. The Labute approximate surface area is 187 Å². The van der Waals surface area contributed by atoms with Gasteiger partial charge in [0.15, 0.2) is 5.13 Å². The maximum Gasteiger partial charge on any atom is 0.251 e. The van der Waals surface area contributed by atoms with Crippen LogP contribution in [0.3, 0.4) is 0 Å². The Morgan fingerprint density at radius 3 is 2.68 bits per heavy atom. The number of piperazine rings is 1. The van der Waals surface area contributed by atoms with E-state index in [1.807, 2.05) is 28.5 Å². The number of benzene rings is 1. The van der Waals surface area contributed by atoms with Gasteiger partial charge in [-0.05, 0) is 30.9 Å². The maximum atomic E-state index is 12.5. The average Bonchev–Trinajstić information content (AvgIpc) is 3.47. The molecule has 2 aliphatic heterocycles. The quantitative estimate of drug-likeness (QED) is 0.687. The first-order valence-electron chi connectivity index (χ1n) is 11.0. The Kier molecular flexibility index (Phi) is 6.99. The van der Waals surface area contributed by atoms with E-state index in [1.54, 1.807) is 11.8 Å². The molecule has 0 radical (unpaired) electrons. The molecule has 0 spiro atoms. The minimum absolute atomic E-state index is 0.0388. The fraction of sp³-hybridized carbons (Fsp3) is 0.522. The third-order valence-electron chi connectivity index (χ3n) is 5.93. The second-order valence-electron chi connectivity index (χ2n) is 8.06. The molecule has 1 aromatic carbocycles. The Hall–Kier alpha value is -2.29. The number of aryl methyl sites for hydroxylation is 1. The van der Waals surface area contributed by atoms with E-state index < -0.39 is 0 Å². The molecule has 0 bridgehead atoms. The topological polar surface area (TPSA) is 66.0 Å². The lowest BCUT2D eigenvalue weighted by Gasteiger charge is -2.35. The Morgan fingerprint density at radius 1 is 1.23 bits per heavy atom. The van der Waals surface area contributed by atoms with Crippen LogP contribution in [0.2, 0.25) is 0 Å². The molecule has 0 aliphatic carbocycles. The first-order valence-corrected chi connectivity index (χ1v) is 11.9. The van der Waals surface area contributed by atoms with Crippen LogP contribution in [-0.4, -0.2) is 65.5 Å². The monoisotopic (exact) mass is 442 g/mol. The molecule has 1 aromatic heterocycles. The van der Waals surface area contributed by atoms with Crippen LogP contribution in [0, 0.1) is 0 Å². The molecule has 3 heterocycles. The van der Waals surface area contributed by atoms with Crippen molar-refractivity contribution in [2.24, 2.45) is 0 Å². The Balaban J connectivity index is 1.38. The van der Waals surface area contributed by atoms with Gasteiger partial charge in [0.1, 0.15) is 6.10 Å². The number of hydrogen-bond acceptors (Lipinski definition) is 6. The lowest BCUT2D eigenvalue weighted by atomic mass is 10.1. The van der Waals surface area contributed by atoms with E-state index in [2.05, 4.69) is 17.9 Å². The molecule has 2 saturated heterocycles. The molecule has 31 heavy (non-hydrogen) atoms. The number of carbonyl (C=O) groups is 2. The number of amides is 2. The van der Waals surface area contributed by atoms with Gasteiger partial charge >= 0.3 is 0 Å². The van der Waals surface area contributed by atoms with E-state index in [9.17, 15) is 9.59 Å². The number of nitrogens with zero attached hydrogens (tertiary/aromatic N) is 4. The van der Waals surface area contributed by atoms with Crippen LogP contribution >= 0.6 is 11.3 Å². The Morgan fingerprint density at radius 2 is 2.00 bits per heavy atom. The third-order valence-corrected chi connectivity index (χ3v) is 6.81. The lowest BCUT2D eigenvalue weighted by Crippen LogP contribution is -2.51. The zero-order valence-electron chi connectivity index (χ0n) is 18.2. The summed E-state index contributed by atoms with van der Waals surface area (Å²) >= 11 is 1.50. The first kappa shape index (κ1) is 21.9. The van der Waals surface area contributed by atoms with Crippen LogP contribution in [0.25, 0.3) is 0 Å². The molecule has 166 valence electrons. The molecule has 8 heteroatoms. The molecular weight excluding hydrogens is 412 g/mol. The second-order valence-corrected chi connectivity index (χ2v) is 8.90. The van der Waals surface area contributed by atoms with Crippen LogP contribution in [0.4, 0.5) is 10.8 Å². The largest absolute Gasteiger partial charge is 0.368 e. The van der Waals surface area contributed by atoms with Crippen molar-refractivity contribution in [3.8, 4) is 0 Å². The van der Waals surface area contributed by atoms with E-state index in [-0.39, 0.29) is 17.9 Å². The first-order chi connectivity index (χ1) is 15.1. The number of carbonyl (C=O) groups excluding carboxylic acids is 2. The van der Waals surface area contributed by atoms with Crippen molar-refractivity contribution in [2.45, 2.75) is 45.8 Å². The normalized spacial score (nSPS) is 19.5. The van der Waals surface area contributed by atoms with E-state index >= 15 is 0 Å². The zero-order valence-corrected chi connectivity index (χ0v) is 19.1. The van der Waals surface area contributed by atoms with Crippen LogP contribution in [-0.2, 0) is 27.3 Å². The number of anilines is 2. The van der Waals surface area contributed by atoms with Gasteiger partial charge in [-0.3, -0.25) is 19.4 Å². The van der Waals surface area contributed by atoms with Gasteiger partial charge in [-0.15, -0.1) is 11.3 Å². The van der Waals surface area contributed by atoms with Crippen molar-refractivity contribution in [3.05, 3.63) is 40.9 Å². The molecule has 2 amide bonds. The van der Waals surface area contributed by atoms with E-state index in [1.165, 1.54) is 11.3 Å². The van der Waals surface area contributed by atoms with Gasteiger partial charge in [-0.25, -0.2) is 4.98 Å². The predicted octanol–water partition coefficient (Wildman–Crippen LogP) is 3.21. The van der Waals surface area contributed by atoms with E-state index in [0.29, 0.717) is 11.7 Å². The number of rotatable bonds is 6. The Bertz CT molecular complexity index is 917. The van der Waals surface area contributed by atoms with Crippen molar-refractivity contribution in [1.82, 2.24) is 14.8 Å². The third kappa shape index (κ3) is 4.97. The molecule has 7 nitrogen and oxygen atoms in total. The highest BCUT2D eigenvalue weighted by molar-refractivity contribution is 7.14. The summed E-state index contributed by atoms with van der Waals surface area (Å²) < 4.78 is 5.54. The highest BCUT2D eigenvalue weighted by atomic mass is 32.1. The van der Waals surface area contributed by atoms with Crippen LogP contribution in [0.15, 0.2) is 29.6 Å². The van der Waals surface area contributed by atoms with Gasteiger partial charge in [0.2, 0.25) is 5.91 Å². The number of aromatic nitrogens is 1. The number of ether oxygens (including phenoxy) is 1. The molecule has 0 saturated carbocycles. The number of thiazole rings is 1. The lowest BCUT2D eigenvalue weighted by molar-refractivity contribution is -0.142. The highest BCUT2D eigenvalue weighted by Crippen LogP contribution is 2.32. The van der Waals surface area contributed by atoms with Gasteiger partial charge in [0, 0.05) is 51.6 Å². The van der Waals surface area contributed by atoms with Gasteiger partial charge in [0.25, 0.3) is 5.91 Å². The molecular formula is C23H30N4O3S. The number of hydrogen-bond donors (Lipinski definition) is 0. The SMILES string of the molecule is CCc1ccccc1N(C(C)=O)c1nc(CN2CCN(C(=O)C3CCCO3)CC2)cs1. The highest BCUT2D eigenvalue weighted by Gasteiger charge is 2.30. The van der Waals surface area contributed by atoms with Crippen molar-refractivity contribution in [3.63, 3.8) is 0 Å². The summed E-state index contributed by atoms with van der Waals surface area (Å²) in [6.07, 6.45) is 2.43. The molecule has 2 aromatic rings. The van der Waals surface area contributed by atoms with Crippen molar-refractivity contribution < 1.29 is 14.3 Å². The summed E-state index contributed by atoms with van der Waals surface area (Å²) in [6.45, 7) is 8.17. The van der Waals surface area contributed by atoms with E-state index in [0.717, 1.165) is 68.9 Å². The second kappa shape index (κ2) is 9.89. The summed E-state index contributed by atoms with van der Waals surface area (Å²) in [5.74, 6) is 0.0999. The molecule has 0 N–H and O–H groups in total. The molecule has 4 rings (SSSR count). The fourth-order valence-corrected chi connectivity index (χ4v) is 5.11. The minimum atomic E-state index is -0.240. The number of para-hydroxylation sites is 1. The van der Waals surface area contributed by atoms with Crippen LogP contribution < -0.4 is 4.90 Å². The van der Waals surface area contributed by atoms with Gasteiger partial charge in [0.05, 0.1) is 11.4 Å². The van der Waals surface area contributed by atoms with Gasteiger partial charge in [-0.2, -0.15) is 0 Å². The standard InChI is InChI=1S/C23H30N4O3S/c1-3-18-7-4-5-8-20(18)27(17(2)28)23-24-19(16-31-23)15-25-10-12-26(13-11-25)22(29)21-9-6-14-30-21/h4-5,7-8,16,21H,3,6,9-15H2,1-2H3. The zero-order chi connectivity index (χ0) is 21.8. The molecule has 2 aliphatic rings. The van der Waals surface area contributed by atoms with Crippen LogP contribution in [0.5, 0.6) is 0 Å². The summed E-state index contributed by atoms with van der Waals surface area (Å²) in [6, 6.07) is 7.98. The predicted molar refractivity (Wildman–Crippen MR) is 122 cm³/mol. The van der Waals surface area contributed by atoms with Gasteiger partial charge < -0.3 is 9.64 Å².